The quantitative estimate of drug-likeness (QED) is 0.599. The zero-order valence-electron chi connectivity index (χ0n) is 13.6. The van der Waals surface area contributed by atoms with Crippen molar-refractivity contribution < 1.29 is 4.79 Å². The van der Waals surface area contributed by atoms with Crippen LogP contribution >= 0.6 is 0 Å². The number of hydrogen-bond donors (Lipinski definition) is 1. The number of nitrogens with one attached hydrogen (secondary N) is 1. The normalized spacial score (nSPS) is 11.1. The van der Waals surface area contributed by atoms with Crippen molar-refractivity contribution in [2.45, 2.75) is 6.92 Å². The standard InChI is InChI=1S/C20H17N3O/c1-13-5-3-7-16(11-13)23(2)20(24)17-12-15-9-8-14-6-4-10-21-18(14)19(15)22-17/h3-12,22H,1-2H3. The number of amides is 1. The second kappa shape index (κ2) is 5.49. The summed E-state index contributed by atoms with van der Waals surface area (Å²) in [5, 5.41) is 2.04. The Bertz CT molecular complexity index is 1060. The molecule has 4 nitrogen and oxygen atoms in total. The smallest absolute Gasteiger partial charge is 0.274 e. The first-order valence-corrected chi connectivity index (χ1v) is 7.85. The number of aromatic amines is 1. The first kappa shape index (κ1) is 14.5. The van der Waals surface area contributed by atoms with Gasteiger partial charge in [-0.1, -0.05) is 30.3 Å². The summed E-state index contributed by atoms with van der Waals surface area (Å²) in [4.78, 5) is 22.2. The second-order valence-corrected chi connectivity index (χ2v) is 5.99. The molecule has 0 aliphatic carbocycles. The van der Waals surface area contributed by atoms with Crippen LogP contribution in [0.5, 0.6) is 0 Å². The number of benzene rings is 2. The van der Waals surface area contributed by atoms with E-state index in [1.165, 1.54) is 0 Å². The molecule has 0 fully saturated rings. The van der Waals surface area contributed by atoms with Crippen LogP contribution in [0.1, 0.15) is 16.1 Å². The Morgan fingerprint density at radius 1 is 1.04 bits per heavy atom. The van der Waals surface area contributed by atoms with Crippen LogP contribution in [0.3, 0.4) is 0 Å². The molecule has 0 atom stereocenters. The van der Waals surface area contributed by atoms with Crippen LogP contribution in [0, 0.1) is 6.92 Å². The van der Waals surface area contributed by atoms with Crippen molar-refractivity contribution in [2.75, 3.05) is 11.9 Å². The third kappa shape index (κ3) is 2.33. The molecule has 4 heteroatoms. The third-order valence-electron chi connectivity index (χ3n) is 4.29. The Hall–Kier alpha value is -3.14. The number of fused-ring (bicyclic) bond motifs is 3. The molecule has 1 N–H and O–H groups in total. The number of carbonyl (C=O) groups excluding carboxylic acids is 1. The number of rotatable bonds is 2. The van der Waals surface area contributed by atoms with E-state index in [2.05, 4.69) is 9.97 Å². The van der Waals surface area contributed by atoms with Gasteiger partial charge in [0.2, 0.25) is 0 Å². The van der Waals surface area contributed by atoms with Gasteiger partial charge in [-0.05, 0) is 36.8 Å². The van der Waals surface area contributed by atoms with E-state index in [-0.39, 0.29) is 5.91 Å². The molecule has 2 aromatic carbocycles. The average Bonchev–Trinajstić information content (AvgIpc) is 3.05. The summed E-state index contributed by atoms with van der Waals surface area (Å²) in [5.41, 5.74) is 4.34. The Morgan fingerprint density at radius 3 is 2.71 bits per heavy atom. The van der Waals surface area contributed by atoms with Crippen LogP contribution in [0.15, 0.2) is 60.8 Å². The molecule has 0 unspecified atom stereocenters. The number of hydrogen-bond acceptors (Lipinski definition) is 2. The highest BCUT2D eigenvalue weighted by molar-refractivity contribution is 6.11. The molecule has 24 heavy (non-hydrogen) atoms. The fourth-order valence-electron chi connectivity index (χ4n) is 2.99. The summed E-state index contributed by atoms with van der Waals surface area (Å²) >= 11 is 0. The van der Waals surface area contributed by atoms with Crippen LogP contribution in [0.2, 0.25) is 0 Å². The van der Waals surface area contributed by atoms with Gasteiger partial charge in [0.15, 0.2) is 0 Å². The van der Waals surface area contributed by atoms with E-state index in [0.717, 1.165) is 33.1 Å². The second-order valence-electron chi connectivity index (χ2n) is 5.99. The lowest BCUT2D eigenvalue weighted by Gasteiger charge is -2.16. The van der Waals surface area contributed by atoms with Crippen molar-refractivity contribution in [3.05, 3.63) is 72.1 Å². The van der Waals surface area contributed by atoms with Crippen LogP contribution in [-0.2, 0) is 0 Å². The van der Waals surface area contributed by atoms with Gasteiger partial charge in [0, 0.05) is 29.7 Å². The van der Waals surface area contributed by atoms with Gasteiger partial charge in [-0.3, -0.25) is 9.78 Å². The van der Waals surface area contributed by atoms with Gasteiger partial charge in [-0.15, -0.1) is 0 Å². The van der Waals surface area contributed by atoms with E-state index in [1.807, 2.05) is 61.5 Å². The van der Waals surface area contributed by atoms with E-state index in [9.17, 15) is 4.79 Å². The van der Waals surface area contributed by atoms with Gasteiger partial charge >= 0.3 is 0 Å². The van der Waals surface area contributed by atoms with Crippen molar-refractivity contribution in [3.8, 4) is 0 Å². The lowest BCUT2D eigenvalue weighted by molar-refractivity contribution is 0.0989. The molecule has 2 aromatic heterocycles. The summed E-state index contributed by atoms with van der Waals surface area (Å²) in [7, 11) is 1.79. The Labute approximate surface area is 139 Å². The van der Waals surface area contributed by atoms with Gasteiger partial charge in [-0.25, -0.2) is 0 Å². The summed E-state index contributed by atoms with van der Waals surface area (Å²) in [6.07, 6.45) is 1.77. The molecule has 4 aromatic rings. The maximum absolute atomic E-state index is 12.8. The number of carbonyl (C=O) groups is 1. The molecule has 0 radical (unpaired) electrons. The number of pyridine rings is 1. The Balaban J connectivity index is 1.78. The first-order valence-electron chi connectivity index (χ1n) is 7.85. The molecule has 0 saturated heterocycles. The zero-order chi connectivity index (χ0) is 16.7. The number of anilines is 1. The zero-order valence-corrected chi connectivity index (χ0v) is 13.6. The lowest BCUT2D eigenvalue weighted by atomic mass is 10.1. The van der Waals surface area contributed by atoms with E-state index in [4.69, 9.17) is 0 Å². The predicted molar refractivity (Wildman–Crippen MR) is 97.5 cm³/mol. The molecular weight excluding hydrogens is 298 g/mol. The average molecular weight is 315 g/mol. The van der Waals surface area contributed by atoms with Crippen molar-refractivity contribution in [2.24, 2.45) is 0 Å². The third-order valence-corrected chi connectivity index (χ3v) is 4.29. The predicted octanol–water partition coefficient (Wildman–Crippen LogP) is 4.30. The van der Waals surface area contributed by atoms with Crippen LogP contribution in [0.25, 0.3) is 21.8 Å². The SMILES string of the molecule is Cc1cccc(N(C)C(=O)c2cc3ccc4cccnc4c3[nH]2)c1. The van der Waals surface area contributed by atoms with Crippen molar-refractivity contribution in [3.63, 3.8) is 0 Å². The molecule has 0 aliphatic rings. The van der Waals surface area contributed by atoms with Gasteiger partial charge in [-0.2, -0.15) is 0 Å². The molecule has 1 amide bonds. The monoisotopic (exact) mass is 315 g/mol. The van der Waals surface area contributed by atoms with E-state index in [1.54, 1.807) is 18.1 Å². The molecule has 0 bridgehead atoms. The minimum absolute atomic E-state index is 0.0686. The summed E-state index contributed by atoms with van der Waals surface area (Å²) in [5.74, 6) is -0.0686. The molecule has 0 saturated carbocycles. The number of nitrogens with zero attached hydrogens (tertiary/aromatic N) is 2. The van der Waals surface area contributed by atoms with Gasteiger partial charge in [0.1, 0.15) is 5.69 Å². The first-order chi connectivity index (χ1) is 11.6. The van der Waals surface area contributed by atoms with E-state index >= 15 is 0 Å². The number of aromatic nitrogens is 2. The van der Waals surface area contributed by atoms with Gasteiger partial charge < -0.3 is 9.88 Å². The Morgan fingerprint density at radius 2 is 1.88 bits per heavy atom. The molecule has 0 aliphatic heterocycles. The molecule has 2 heterocycles. The molecular formula is C20H17N3O. The highest BCUT2D eigenvalue weighted by Crippen LogP contribution is 2.25. The highest BCUT2D eigenvalue weighted by atomic mass is 16.2. The van der Waals surface area contributed by atoms with Crippen LogP contribution < -0.4 is 4.90 Å². The largest absolute Gasteiger partial charge is 0.349 e. The minimum Gasteiger partial charge on any atom is -0.349 e. The summed E-state index contributed by atoms with van der Waals surface area (Å²) < 4.78 is 0. The van der Waals surface area contributed by atoms with Crippen molar-refractivity contribution in [1.29, 1.82) is 0 Å². The van der Waals surface area contributed by atoms with Crippen molar-refractivity contribution in [1.82, 2.24) is 9.97 Å². The lowest BCUT2D eigenvalue weighted by Crippen LogP contribution is -2.26. The Kier molecular flexibility index (Phi) is 3.31. The molecule has 4 rings (SSSR count). The fourth-order valence-corrected chi connectivity index (χ4v) is 2.99. The van der Waals surface area contributed by atoms with Crippen LogP contribution in [0.4, 0.5) is 5.69 Å². The van der Waals surface area contributed by atoms with Crippen LogP contribution in [-0.4, -0.2) is 22.9 Å². The van der Waals surface area contributed by atoms with Gasteiger partial charge in [0.05, 0.1) is 11.0 Å². The molecule has 118 valence electrons. The van der Waals surface area contributed by atoms with Gasteiger partial charge in [0.25, 0.3) is 5.91 Å². The molecule has 0 spiro atoms. The topological polar surface area (TPSA) is 49.0 Å². The maximum atomic E-state index is 12.8. The minimum atomic E-state index is -0.0686. The highest BCUT2D eigenvalue weighted by Gasteiger charge is 2.17. The summed E-state index contributed by atoms with van der Waals surface area (Å²) in [6, 6.07) is 17.8. The fraction of sp³-hybridized carbons (Fsp3) is 0.100. The number of aryl methyl sites for hydroxylation is 1. The maximum Gasteiger partial charge on any atom is 0.274 e. The number of H-pyrrole nitrogens is 1. The van der Waals surface area contributed by atoms with Crippen molar-refractivity contribution >= 4 is 33.4 Å². The van der Waals surface area contributed by atoms with E-state index in [0.29, 0.717) is 5.69 Å². The van der Waals surface area contributed by atoms with E-state index < -0.39 is 0 Å². The summed E-state index contributed by atoms with van der Waals surface area (Å²) in [6.45, 7) is 2.02.